The van der Waals surface area contributed by atoms with Crippen LogP contribution in [-0.2, 0) is 4.74 Å². The van der Waals surface area contributed by atoms with E-state index in [-0.39, 0.29) is 10.9 Å². The largest absolute Gasteiger partial charge is 0.476 e. The zero-order chi connectivity index (χ0) is 24.9. The number of amides is 2. The summed E-state index contributed by atoms with van der Waals surface area (Å²) in [5.41, 5.74) is 1.59. The summed E-state index contributed by atoms with van der Waals surface area (Å²) in [4.78, 5) is 30.7. The fourth-order valence-electron chi connectivity index (χ4n) is 4.11. The lowest BCUT2D eigenvalue weighted by Crippen LogP contribution is -2.42. The van der Waals surface area contributed by atoms with Gasteiger partial charge in [-0.3, -0.25) is 10.2 Å². The Labute approximate surface area is 204 Å². The first-order valence-electron chi connectivity index (χ1n) is 10.9. The van der Waals surface area contributed by atoms with Crippen LogP contribution in [0.1, 0.15) is 21.3 Å². The Kier molecular flexibility index (Phi) is 7.69. The molecule has 11 heteroatoms. The van der Waals surface area contributed by atoms with Crippen molar-refractivity contribution in [1.29, 1.82) is 0 Å². The Morgan fingerprint density at radius 3 is 2.63 bits per heavy atom. The SMILES string of the molecule is COCCN1C[C@@H](NC(=O)Nc2sc(C(=O)O)nc2-c2ccccc2)[C@H](c2ccc(F)c(F)c2)C1. The second-order valence-corrected chi connectivity index (χ2v) is 9.10. The standard InChI is InChI=1S/C24H24F2N4O4S/c1-34-10-9-30-12-16(15-7-8-17(25)18(26)11-15)19(13-30)27-24(33)29-21-20(14-5-3-2-4-6-14)28-22(35-21)23(31)32/h2-8,11,16,19H,9-10,12-13H2,1H3,(H,31,32)(H2,27,29,33)/t16-,19+/m0/s1. The minimum Gasteiger partial charge on any atom is -0.476 e. The average molecular weight is 503 g/mol. The molecule has 1 aromatic heterocycles. The molecule has 2 aromatic carbocycles. The number of carbonyl (C=O) groups is 2. The van der Waals surface area contributed by atoms with Gasteiger partial charge in [0.05, 0.1) is 12.6 Å². The smallest absolute Gasteiger partial charge is 0.365 e. The number of halogens is 2. The highest BCUT2D eigenvalue weighted by Gasteiger charge is 2.35. The van der Waals surface area contributed by atoms with E-state index in [1.54, 1.807) is 31.4 Å². The third-order valence-electron chi connectivity index (χ3n) is 5.78. The van der Waals surface area contributed by atoms with Gasteiger partial charge in [0.1, 0.15) is 10.7 Å². The summed E-state index contributed by atoms with van der Waals surface area (Å²) >= 11 is 0.860. The number of benzene rings is 2. The van der Waals surface area contributed by atoms with Crippen LogP contribution in [-0.4, -0.2) is 66.4 Å². The number of ether oxygens (including phenoxy) is 1. The van der Waals surface area contributed by atoms with Gasteiger partial charge in [-0.1, -0.05) is 47.7 Å². The van der Waals surface area contributed by atoms with E-state index in [2.05, 4.69) is 20.5 Å². The second-order valence-electron chi connectivity index (χ2n) is 8.11. The summed E-state index contributed by atoms with van der Waals surface area (Å²) in [5.74, 6) is -3.35. The van der Waals surface area contributed by atoms with E-state index in [4.69, 9.17) is 4.74 Å². The van der Waals surface area contributed by atoms with Crippen molar-refractivity contribution in [2.24, 2.45) is 0 Å². The summed E-state index contributed by atoms with van der Waals surface area (Å²) < 4.78 is 32.6. The number of hydrogen-bond donors (Lipinski definition) is 3. The van der Waals surface area contributed by atoms with E-state index in [9.17, 15) is 23.5 Å². The number of rotatable bonds is 8. The number of carbonyl (C=O) groups excluding carboxylic acids is 1. The molecule has 0 spiro atoms. The van der Waals surface area contributed by atoms with Crippen LogP contribution in [0.4, 0.5) is 18.6 Å². The van der Waals surface area contributed by atoms with Gasteiger partial charge in [-0.15, -0.1) is 0 Å². The average Bonchev–Trinajstić information content (AvgIpc) is 3.44. The molecule has 8 nitrogen and oxygen atoms in total. The molecular weight excluding hydrogens is 478 g/mol. The molecule has 1 saturated heterocycles. The first-order valence-corrected chi connectivity index (χ1v) is 11.7. The Hall–Kier alpha value is -3.41. The predicted octanol–water partition coefficient (Wildman–Crippen LogP) is 4.02. The number of nitrogens with one attached hydrogen (secondary N) is 2. The van der Waals surface area contributed by atoms with Crippen molar-refractivity contribution in [2.75, 3.05) is 38.7 Å². The Morgan fingerprint density at radius 2 is 1.94 bits per heavy atom. The van der Waals surface area contributed by atoms with Crippen molar-refractivity contribution in [3.63, 3.8) is 0 Å². The van der Waals surface area contributed by atoms with Crippen molar-refractivity contribution >= 4 is 28.3 Å². The molecule has 4 rings (SSSR count). The van der Waals surface area contributed by atoms with Crippen LogP contribution in [0.3, 0.4) is 0 Å². The highest BCUT2D eigenvalue weighted by molar-refractivity contribution is 7.18. The maximum Gasteiger partial charge on any atom is 0.365 e. The minimum absolute atomic E-state index is 0.148. The van der Waals surface area contributed by atoms with Crippen molar-refractivity contribution < 1.29 is 28.2 Å². The van der Waals surface area contributed by atoms with Gasteiger partial charge in [-0.25, -0.2) is 23.4 Å². The number of methoxy groups -OCH3 is 1. The molecule has 0 bridgehead atoms. The number of carboxylic acids is 1. The van der Waals surface area contributed by atoms with E-state index in [1.807, 2.05) is 6.07 Å². The third kappa shape index (κ3) is 5.81. The van der Waals surface area contributed by atoms with Crippen LogP contribution in [0.2, 0.25) is 0 Å². The van der Waals surface area contributed by atoms with Crippen LogP contribution < -0.4 is 10.6 Å². The van der Waals surface area contributed by atoms with Crippen LogP contribution in [0.5, 0.6) is 0 Å². The monoisotopic (exact) mass is 502 g/mol. The van der Waals surface area contributed by atoms with Gasteiger partial charge in [-0.05, 0) is 17.7 Å². The Balaban J connectivity index is 1.54. The molecule has 184 valence electrons. The van der Waals surface area contributed by atoms with Gasteiger partial charge >= 0.3 is 12.0 Å². The number of thiazole rings is 1. The predicted molar refractivity (Wildman–Crippen MR) is 128 cm³/mol. The number of hydrogen-bond acceptors (Lipinski definition) is 6. The maximum absolute atomic E-state index is 13.9. The van der Waals surface area contributed by atoms with E-state index in [0.29, 0.717) is 48.1 Å². The van der Waals surface area contributed by atoms with E-state index < -0.39 is 29.7 Å². The van der Waals surface area contributed by atoms with Crippen LogP contribution in [0, 0.1) is 11.6 Å². The molecule has 2 atom stereocenters. The molecule has 1 aliphatic heterocycles. The zero-order valence-electron chi connectivity index (χ0n) is 18.8. The van der Waals surface area contributed by atoms with Crippen LogP contribution in [0.15, 0.2) is 48.5 Å². The fraction of sp³-hybridized carbons (Fsp3) is 0.292. The van der Waals surface area contributed by atoms with Gasteiger partial charge in [0.2, 0.25) is 5.01 Å². The van der Waals surface area contributed by atoms with Gasteiger partial charge in [0.15, 0.2) is 11.6 Å². The van der Waals surface area contributed by atoms with Gasteiger partial charge in [0, 0.05) is 38.2 Å². The van der Waals surface area contributed by atoms with Gasteiger partial charge in [0.25, 0.3) is 0 Å². The summed E-state index contributed by atoms with van der Waals surface area (Å²) in [7, 11) is 1.59. The van der Waals surface area contributed by atoms with Gasteiger partial charge in [-0.2, -0.15) is 0 Å². The van der Waals surface area contributed by atoms with Crippen LogP contribution in [0.25, 0.3) is 11.3 Å². The molecule has 2 heterocycles. The highest BCUT2D eigenvalue weighted by atomic mass is 32.1. The zero-order valence-corrected chi connectivity index (χ0v) is 19.6. The number of anilines is 1. The molecular formula is C24H24F2N4O4S. The third-order valence-corrected chi connectivity index (χ3v) is 6.74. The number of nitrogens with zero attached hydrogens (tertiary/aromatic N) is 2. The maximum atomic E-state index is 13.9. The van der Waals surface area contributed by atoms with Crippen molar-refractivity contribution in [1.82, 2.24) is 15.2 Å². The molecule has 1 fully saturated rings. The quantitative estimate of drug-likeness (QED) is 0.430. The molecule has 3 N–H and O–H groups in total. The summed E-state index contributed by atoms with van der Waals surface area (Å²) in [6.45, 7) is 2.11. The molecule has 2 amide bonds. The Bertz CT molecular complexity index is 1210. The minimum atomic E-state index is -1.19. The van der Waals surface area contributed by atoms with E-state index >= 15 is 0 Å². The summed E-state index contributed by atoms with van der Waals surface area (Å²) in [5, 5.41) is 15.2. The van der Waals surface area contributed by atoms with Gasteiger partial charge < -0.3 is 15.2 Å². The van der Waals surface area contributed by atoms with E-state index in [1.165, 1.54) is 6.07 Å². The molecule has 0 unspecified atom stereocenters. The summed E-state index contributed by atoms with van der Waals surface area (Å²) in [6.07, 6.45) is 0. The van der Waals surface area contributed by atoms with Crippen molar-refractivity contribution in [3.8, 4) is 11.3 Å². The molecule has 0 aliphatic carbocycles. The molecule has 0 radical (unpaired) electrons. The first kappa shape index (κ1) is 24.7. The topological polar surface area (TPSA) is 104 Å². The molecule has 0 saturated carbocycles. The fourth-order valence-corrected chi connectivity index (χ4v) is 4.93. The number of likely N-dealkylation sites (tertiary alicyclic amines) is 1. The lowest BCUT2D eigenvalue weighted by Gasteiger charge is -2.20. The molecule has 35 heavy (non-hydrogen) atoms. The Morgan fingerprint density at radius 1 is 1.17 bits per heavy atom. The molecule has 1 aliphatic rings. The number of urea groups is 1. The first-order chi connectivity index (χ1) is 16.9. The lowest BCUT2D eigenvalue weighted by atomic mass is 9.94. The van der Waals surface area contributed by atoms with Crippen LogP contribution >= 0.6 is 11.3 Å². The lowest BCUT2D eigenvalue weighted by molar-refractivity contribution is 0.0696. The van der Waals surface area contributed by atoms with Crippen molar-refractivity contribution in [3.05, 3.63) is 70.7 Å². The number of carboxylic acid groups (broad SMARTS) is 1. The molecule has 3 aromatic rings. The summed E-state index contributed by atoms with van der Waals surface area (Å²) in [6, 6.07) is 11.8. The van der Waals surface area contributed by atoms with E-state index in [0.717, 1.165) is 23.5 Å². The number of aromatic carboxylic acids is 1. The normalized spacial score (nSPS) is 17.9. The van der Waals surface area contributed by atoms with Crippen molar-refractivity contribution in [2.45, 2.75) is 12.0 Å². The highest BCUT2D eigenvalue weighted by Crippen LogP contribution is 2.34. The second kappa shape index (κ2) is 10.9. The number of aromatic nitrogens is 1.